The summed E-state index contributed by atoms with van der Waals surface area (Å²) >= 11 is 0. The maximum atomic E-state index is 3.88. The second kappa shape index (κ2) is 2.52. The lowest BCUT2D eigenvalue weighted by Gasteiger charge is -2.26. The van der Waals surface area contributed by atoms with E-state index in [-0.39, 0.29) is 0 Å². The van der Waals surface area contributed by atoms with Crippen molar-refractivity contribution in [3.8, 4) is 0 Å². The molecule has 0 bridgehead atoms. The van der Waals surface area contributed by atoms with Gasteiger partial charge < -0.3 is 0 Å². The molecule has 0 aromatic heterocycles. The average Bonchev–Trinajstić information content (AvgIpc) is 1.67. The molecule has 0 heteroatoms. The summed E-state index contributed by atoms with van der Waals surface area (Å²) in [4.78, 5) is 0. The zero-order valence-electron chi connectivity index (χ0n) is 6.49. The van der Waals surface area contributed by atoms with Gasteiger partial charge in [0.25, 0.3) is 0 Å². The molecule has 0 rings (SSSR count). The molecule has 0 aromatic carbocycles. The Morgan fingerprint density at radius 3 is 1.75 bits per heavy atom. The van der Waals surface area contributed by atoms with E-state index < -0.39 is 0 Å². The third kappa shape index (κ3) is 1.85. The second-order valence-corrected chi connectivity index (χ2v) is 3.39. The van der Waals surface area contributed by atoms with Crippen molar-refractivity contribution in [3.05, 3.63) is 6.92 Å². The summed E-state index contributed by atoms with van der Waals surface area (Å²) < 4.78 is 0. The van der Waals surface area contributed by atoms with Crippen LogP contribution in [-0.2, 0) is 0 Å². The van der Waals surface area contributed by atoms with E-state index in [1.54, 1.807) is 0 Å². The first-order valence-electron chi connectivity index (χ1n) is 3.30. The minimum atomic E-state index is 0.431. The van der Waals surface area contributed by atoms with Crippen molar-refractivity contribution in [2.75, 3.05) is 0 Å². The summed E-state index contributed by atoms with van der Waals surface area (Å²) in [5, 5.41) is 0. The molecule has 49 valence electrons. The Hall–Kier alpha value is 0. The van der Waals surface area contributed by atoms with Crippen LogP contribution < -0.4 is 0 Å². The molecule has 0 heterocycles. The largest absolute Gasteiger partial charge is 0.0623 e. The highest BCUT2D eigenvalue weighted by Crippen LogP contribution is 2.28. The van der Waals surface area contributed by atoms with Gasteiger partial charge in [-0.3, -0.25) is 0 Å². The summed E-state index contributed by atoms with van der Waals surface area (Å²) in [6.07, 6.45) is 1.03. The van der Waals surface area contributed by atoms with E-state index in [0.717, 1.165) is 12.3 Å². The molecule has 0 aliphatic carbocycles. The van der Waals surface area contributed by atoms with Gasteiger partial charge in [0.15, 0.2) is 0 Å². The molecule has 0 aliphatic rings. The summed E-state index contributed by atoms with van der Waals surface area (Å²) in [7, 11) is 0. The van der Waals surface area contributed by atoms with Crippen LogP contribution in [0.4, 0.5) is 0 Å². The molecule has 1 radical (unpaired) electrons. The molecule has 0 atom stereocenters. The smallest absolute Gasteiger partial charge is 0.0331 e. The highest BCUT2D eigenvalue weighted by atomic mass is 14.2. The monoisotopic (exact) mass is 113 g/mol. The summed E-state index contributed by atoms with van der Waals surface area (Å²) in [5.74, 6) is 0.750. The van der Waals surface area contributed by atoms with Gasteiger partial charge in [-0.2, -0.15) is 0 Å². The first kappa shape index (κ1) is 8.00. The molecule has 0 unspecified atom stereocenters. The van der Waals surface area contributed by atoms with Crippen molar-refractivity contribution in [1.82, 2.24) is 0 Å². The lowest BCUT2D eigenvalue weighted by Crippen LogP contribution is -2.17. The molecule has 0 spiro atoms. The first-order chi connectivity index (χ1) is 3.50. The normalized spacial score (nSPS) is 12.8. The van der Waals surface area contributed by atoms with Crippen molar-refractivity contribution in [3.63, 3.8) is 0 Å². The van der Waals surface area contributed by atoms with Crippen LogP contribution >= 0.6 is 0 Å². The maximum Gasteiger partial charge on any atom is -0.0331 e. The maximum absolute atomic E-state index is 3.88. The van der Waals surface area contributed by atoms with Crippen molar-refractivity contribution >= 4 is 0 Å². The van der Waals surface area contributed by atoms with E-state index >= 15 is 0 Å². The van der Waals surface area contributed by atoms with Crippen molar-refractivity contribution in [2.24, 2.45) is 11.3 Å². The minimum Gasteiger partial charge on any atom is -0.0623 e. The van der Waals surface area contributed by atoms with Gasteiger partial charge in [-0.15, -0.1) is 0 Å². The topological polar surface area (TPSA) is 0 Å². The Balaban J connectivity index is 3.71. The van der Waals surface area contributed by atoms with E-state index in [2.05, 4.69) is 34.6 Å². The van der Waals surface area contributed by atoms with E-state index in [1.807, 2.05) is 0 Å². The van der Waals surface area contributed by atoms with Gasteiger partial charge in [-0.05, 0) is 17.8 Å². The van der Waals surface area contributed by atoms with Gasteiger partial charge in [-0.1, -0.05) is 34.6 Å². The third-order valence-corrected chi connectivity index (χ3v) is 2.21. The number of hydrogen-bond acceptors (Lipinski definition) is 0. The lowest BCUT2D eigenvalue weighted by molar-refractivity contribution is 0.252. The van der Waals surface area contributed by atoms with Crippen LogP contribution in [0.25, 0.3) is 0 Å². The van der Waals surface area contributed by atoms with Crippen LogP contribution in [0.3, 0.4) is 0 Å². The van der Waals surface area contributed by atoms with Crippen LogP contribution in [-0.4, -0.2) is 0 Å². The van der Waals surface area contributed by atoms with Crippen molar-refractivity contribution < 1.29 is 0 Å². The van der Waals surface area contributed by atoms with Crippen LogP contribution in [0.2, 0.25) is 0 Å². The summed E-state index contributed by atoms with van der Waals surface area (Å²) in [6, 6.07) is 0. The average molecular weight is 113 g/mol. The Bertz CT molecular complexity index is 60.4. The first-order valence-corrected chi connectivity index (χ1v) is 3.30. The molecule has 0 nitrogen and oxygen atoms in total. The fourth-order valence-corrected chi connectivity index (χ4v) is 0.289. The van der Waals surface area contributed by atoms with Gasteiger partial charge in [0.2, 0.25) is 0 Å². The zero-order chi connectivity index (χ0) is 6.78. The molecule has 0 saturated carbocycles. The van der Waals surface area contributed by atoms with E-state index in [9.17, 15) is 0 Å². The van der Waals surface area contributed by atoms with Gasteiger partial charge in [0, 0.05) is 0 Å². The highest BCUT2D eigenvalue weighted by molar-refractivity contribution is 4.72. The van der Waals surface area contributed by atoms with Gasteiger partial charge in [0.1, 0.15) is 0 Å². The highest BCUT2D eigenvalue weighted by Gasteiger charge is 2.18. The summed E-state index contributed by atoms with van der Waals surface area (Å²) in [5.41, 5.74) is 0.431. The van der Waals surface area contributed by atoms with Crippen molar-refractivity contribution in [2.45, 2.75) is 34.1 Å². The Labute approximate surface area is 53.3 Å². The Kier molecular flexibility index (Phi) is 2.52. The molecular formula is C8H17. The number of hydrogen-bond donors (Lipinski definition) is 0. The van der Waals surface area contributed by atoms with E-state index in [0.29, 0.717) is 5.41 Å². The van der Waals surface area contributed by atoms with Gasteiger partial charge >= 0.3 is 0 Å². The fourth-order valence-electron chi connectivity index (χ4n) is 0.289. The van der Waals surface area contributed by atoms with Gasteiger partial charge in [0.05, 0.1) is 0 Å². The van der Waals surface area contributed by atoms with Crippen molar-refractivity contribution in [1.29, 1.82) is 0 Å². The predicted octanol–water partition coefficient (Wildman–Crippen LogP) is 2.89. The van der Waals surface area contributed by atoms with Gasteiger partial charge in [-0.25, -0.2) is 0 Å². The van der Waals surface area contributed by atoms with E-state index in [1.165, 1.54) is 0 Å². The van der Waals surface area contributed by atoms with E-state index in [4.69, 9.17) is 0 Å². The second-order valence-electron chi connectivity index (χ2n) is 3.39. The third-order valence-electron chi connectivity index (χ3n) is 2.21. The Morgan fingerprint density at radius 2 is 1.75 bits per heavy atom. The zero-order valence-corrected chi connectivity index (χ0v) is 6.49. The lowest BCUT2D eigenvalue weighted by atomic mass is 9.79. The molecule has 8 heavy (non-hydrogen) atoms. The standard InChI is InChI=1S/C8H17/c1-6-8(4,5)7(2)3/h7H,1,6H2,2-5H3. The van der Waals surface area contributed by atoms with Crippen LogP contribution in [0.1, 0.15) is 34.1 Å². The SMILES string of the molecule is [CH2]CC(C)(C)C(C)C. The molecule has 0 saturated heterocycles. The predicted molar refractivity (Wildman–Crippen MR) is 38.6 cm³/mol. The van der Waals surface area contributed by atoms with Crippen LogP contribution in [0.15, 0.2) is 0 Å². The molecule has 0 aromatic rings. The quantitative estimate of drug-likeness (QED) is 0.516. The number of rotatable bonds is 2. The van der Waals surface area contributed by atoms with Crippen LogP contribution in [0, 0.1) is 18.3 Å². The molecular weight excluding hydrogens is 96.1 g/mol. The molecule has 0 N–H and O–H groups in total. The molecule has 0 fully saturated rings. The summed E-state index contributed by atoms with van der Waals surface area (Å²) in [6.45, 7) is 12.9. The molecule has 0 aliphatic heterocycles. The minimum absolute atomic E-state index is 0.431. The van der Waals surface area contributed by atoms with Crippen LogP contribution in [0.5, 0.6) is 0 Å². The molecule has 0 amide bonds. The fraction of sp³-hybridized carbons (Fsp3) is 0.875. The Morgan fingerprint density at radius 1 is 1.38 bits per heavy atom.